The molecule has 0 aliphatic rings. The number of hydrogen-bond donors (Lipinski definition) is 1. The molecule has 25 heavy (non-hydrogen) atoms. The van der Waals surface area contributed by atoms with Gasteiger partial charge in [0.25, 0.3) is 0 Å². The van der Waals surface area contributed by atoms with Crippen LogP contribution in [0.3, 0.4) is 0 Å². The van der Waals surface area contributed by atoms with Crippen molar-refractivity contribution in [1.29, 1.82) is 0 Å². The molecule has 0 bridgehead atoms. The van der Waals surface area contributed by atoms with Crippen LogP contribution < -0.4 is 0 Å². The van der Waals surface area contributed by atoms with Crippen molar-refractivity contribution in [3.8, 4) is 0 Å². The summed E-state index contributed by atoms with van der Waals surface area (Å²) in [7, 11) is 0. The van der Waals surface area contributed by atoms with Crippen LogP contribution in [0.2, 0.25) is 0 Å². The van der Waals surface area contributed by atoms with Crippen molar-refractivity contribution in [2.24, 2.45) is 0 Å². The molecule has 0 saturated heterocycles. The minimum atomic E-state index is -0.662. The number of aliphatic carboxylic acids is 1. The zero-order chi connectivity index (χ0) is 18.2. The number of aryl methyl sites for hydroxylation is 2. The van der Waals surface area contributed by atoms with Gasteiger partial charge in [0.1, 0.15) is 11.5 Å². The van der Waals surface area contributed by atoms with E-state index in [-0.39, 0.29) is 0 Å². The van der Waals surface area contributed by atoms with Gasteiger partial charge < -0.3 is 9.52 Å². The van der Waals surface area contributed by atoms with Gasteiger partial charge in [-0.05, 0) is 31.4 Å². The third kappa shape index (κ3) is 12.7. The molecule has 0 amide bonds. The zero-order valence-electron chi connectivity index (χ0n) is 16.2. The van der Waals surface area contributed by atoms with Crippen molar-refractivity contribution in [3.05, 3.63) is 23.7 Å². The molecule has 1 rings (SSSR count). The summed E-state index contributed by atoms with van der Waals surface area (Å²) in [5.74, 6) is 1.64. The molecule has 0 atom stereocenters. The first kappa shape index (κ1) is 21.8. The quantitative estimate of drug-likeness (QED) is 0.310. The van der Waals surface area contributed by atoms with Gasteiger partial charge in [0.05, 0.1) is 0 Å². The Hall–Kier alpha value is -1.25. The second-order valence-electron chi connectivity index (χ2n) is 7.25. The first-order valence-corrected chi connectivity index (χ1v) is 10.5. The lowest BCUT2D eigenvalue weighted by atomic mass is 10.0. The van der Waals surface area contributed by atoms with Gasteiger partial charge in [-0.2, -0.15) is 0 Å². The number of unbranched alkanes of at least 4 members (excludes halogenated alkanes) is 11. The number of carboxylic acids is 1. The summed E-state index contributed by atoms with van der Waals surface area (Å²) >= 11 is 0. The van der Waals surface area contributed by atoms with E-state index >= 15 is 0 Å². The fourth-order valence-corrected chi connectivity index (χ4v) is 3.28. The van der Waals surface area contributed by atoms with E-state index in [2.05, 4.69) is 19.1 Å². The van der Waals surface area contributed by atoms with Gasteiger partial charge in [-0.1, -0.05) is 71.1 Å². The third-order valence-electron chi connectivity index (χ3n) is 4.78. The van der Waals surface area contributed by atoms with Gasteiger partial charge in [-0.25, -0.2) is 0 Å². The molecule has 3 heteroatoms. The fourth-order valence-electron chi connectivity index (χ4n) is 3.28. The van der Waals surface area contributed by atoms with E-state index in [0.717, 1.165) is 43.6 Å². The SMILES string of the molecule is CCCc1ccc(CCCCCCCCCCCCCCC(=O)O)o1. The van der Waals surface area contributed by atoms with Crippen LogP contribution in [-0.4, -0.2) is 11.1 Å². The van der Waals surface area contributed by atoms with Gasteiger partial charge in [-0.15, -0.1) is 0 Å². The van der Waals surface area contributed by atoms with Crippen LogP contribution >= 0.6 is 0 Å². The van der Waals surface area contributed by atoms with Crippen LogP contribution in [0.25, 0.3) is 0 Å². The Bertz CT molecular complexity index is 436. The Labute approximate surface area is 154 Å². The number of carbonyl (C=O) groups is 1. The smallest absolute Gasteiger partial charge is 0.303 e. The molecule has 1 aromatic heterocycles. The number of carboxylic acid groups (broad SMARTS) is 1. The van der Waals surface area contributed by atoms with Gasteiger partial charge in [0.2, 0.25) is 0 Å². The standard InChI is InChI=1S/C22H38O3/c1-2-15-20-18-19-21(25-20)16-13-11-9-7-5-3-4-6-8-10-12-14-17-22(23)24/h18-19H,2-17H2,1H3,(H,23,24). The highest BCUT2D eigenvalue weighted by atomic mass is 16.4. The van der Waals surface area contributed by atoms with Crippen molar-refractivity contribution in [3.63, 3.8) is 0 Å². The molecule has 1 aromatic rings. The summed E-state index contributed by atoms with van der Waals surface area (Å²) in [6.45, 7) is 2.19. The Morgan fingerprint density at radius 2 is 1.20 bits per heavy atom. The number of rotatable bonds is 17. The predicted molar refractivity (Wildman–Crippen MR) is 104 cm³/mol. The van der Waals surface area contributed by atoms with Crippen molar-refractivity contribution in [1.82, 2.24) is 0 Å². The summed E-state index contributed by atoms with van der Waals surface area (Å²) in [6, 6.07) is 4.28. The maximum atomic E-state index is 10.4. The van der Waals surface area contributed by atoms with E-state index in [9.17, 15) is 4.79 Å². The summed E-state index contributed by atoms with van der Waals surface area (Å²) in [5.41, 5.74) is 0. The average Bonchev–Trinajstić information content (AvgIpc) is 3.03. The third-order valence-corrected chi connectivity index (χ3v) is 4.78. The lowest BCUT2D eigenvalue weighted by Gasteiger charge is -2.03. The Morgan fingerprint density at radius 1 is 0.760 bits per heavy atom. The van der Waals surface area contributed by atoms with Crippen LogP contribution in [0.15, 0.2) is 16.5 Å². The molecule has 144 valence electrons. The molecule has 0 spiro atoms. The maximum Gasteiger partial charge on any atom is 0.303 e. The normalized spacial score (nSPS) is 11.1. The molecule has 1 heterocycles. The van der Waals surface area contributed by atoms with E-state index in [4.69, 9.17) is 9.52 Å². The summed E-state index contributed by atoms with van der Waals surface area (Å²) < 4.78 is 5.81. The average molecular weight is 351 g/mol. The lowest BCUT2D eigenvalue weighted by molar-refractivity contribution is -0.137. The molecule has 0 aliphatic carbocycles. The lowest BCUT2D eigenvalue weighted by Crippen LogP contribution is -1.93. The molecule has 0 saturated carbocycles. The molecule has 0 radical (unpaired) electrons. The largest absolute Gasteiger partial charge is 0.481 e. The second-order valence-corrected chi connectivity index (χ2v) is 7.25. The Morgan fingerprint density at radius 3 is 1.68 bits per heavy atom. The van der Waals surface area contributed by atoms with Crippen LogP contribution in [0.4, 0.5) is 0 Å². The summed E-state index contributed by atoms with van der Waals surface area (Å²) in [4.78, 5) is 10.4. The van der Waals surface area contributed by atoms with E-state index < -0.39 is 5.97 Å². The maximum absolute atomic E-state index is 10.4. The second kappa shape index (κ2) is 15.0. The summed E-state index contributed by atoms with van der Waals surface area (Å²) in [6.07, 6.45) is 18.6. The predicted octanol–water partition coefficient (Wildman–Crippen LogP) is 6.93. The van der Waals surface area contributed by atoms with Crippen molar-refractivity contribution in [2.45, 2.75) is 110 Å². The Kier molecular flexibility index (Phi) is 13.1. The Balaban J connectivity index is 1.79. The molecular weight excluding hydrogens is 312 g/mol. The van der Waals surface area contributed by atoms with Gasteiger partial charge in [-0.3, -0.25) is 4.79 Å². The molecule has 0 unspecified atom stereocenters. The van der Waals surface area contributed by atoms with E-state index in [1.807, 2.05) is 0 Å². The molecule has 0 aromatic carbocycles. The van der Waals surface area contributed by atoms with Crippen molar-refractivity contribution >= 4 is 5.97 Å². The van der Waals surface area contributed by atoms with Gasteiger partial charge >= 0.3 is 5.97 Å². The molecule has 0 fully saturated rings. The van der Waals surface area contributed by atoms with E-state index in [0.29, 0.717) is 6.42 Å². The van der Waals surface area contributed by atoms with Crippen LogP contribution in [0.1, 0.15) is 108 Å². The van der Waals surface area contributed by atoms with Gasteiger partial charge in [0, 0.05) is 19.3 Å². The van der Waals surface area contributed by atoms with Crippen molar-refractivity contribution < 1.29 is 14.3 Å². The number of hydrogen-bond acceptors (Lipinski definition) is 2. The fraction of sp³-hybridized carbons (Fsp3) is 0.773. The van der Waals surface area contributed by atoms with Crippen LogP contribution in [-0.2, 0) is 17.6 Å². The van der Waals surface area contributed by atoms with Crippen LogP contribution in [0, 0.1) is 0 Å². The highest BCUT2D eigenvalue weighted by molar-refractivity contribution is 5.66. The first-order chi connectivity index (χ1) is 12.2. The van der Waals surface area contributed by atoms with Crippen LogP contribution in [0.5, 0.6) is 0 Å². The molecule has 1 N–H and O–H groups in total. The molecule has 0 aliphatic heterocycles. The highest BCUT2D eigenvalue weighted by Crippen LogP contribution is 2.15. The molecule has 3 nitrogen and oxygen atoms in total. The topological polar surface area (TPSA) is 50.4 Å². The molecular formula is C22H38O3. The van der Waals surface area contributed by atoms with Crippen molar-refractivity contribution in [2.75, 3.05) is 0 Å². The number of furan rings is 1. The zero-order valence-corrected chi connectivity index (χ0v) is 16.2. The first-order valence-electron chi connectivity index (χ1n) is 10.5. The summed E-state index contributed by atoms with van der Waals surface area (Å²) in [5, 5.41) is 8.56. The minimum absolute atomic E-state index is 0.333. The van der Waals surface area contributed by atoms with E-state index in [1.165, 1.54) is 64.2 Å². The highest BCUT2D eigenvalue weighted by Gasteiger charge is 2.01. The monoisotopic (exact) mass is 350 g/mol. The minimum Gasteiger partial charge on any atom is -0.481 e. The van der Waals surface area contributed by atoms with Gasteiger partial charge in [0.15, 0.2) is 0 Å². The van der Waals surface area contributed by atoms with E-state index in [1.54, 1.807) is 0 Å².